The smallest absolute Gasteiger partial charge is 0.410 e. The first-order valence-electron chi connectivity index (χ1n) is 12.6. The fourth-order valence-electron chi connectivity index (χ4n) is 4.02. The number of rotatable bonds is 6. The molecule has 0 saturated heterocycles. The summed E-state index contributed by atoms with van der Waals surface area (Å²) in [5, 5.41) is 15.5. The number of hydrogen-bond acceptors (Lipinski definition) is 7. The van der Waals surface area contributed by atoms with Crippen LogP contribution >= 0.6 is 23.1 Å². The van der Waals surface area contributed by atoms with E-state index in [2.05, 4.69) is 16.7 Å². The zero-order valence-electron chi connectivity index (χ0n) is 22.5. The number of fused-ring (bicyclic) bond motifs is 1. The predicted octanol–water partition coefficient (Wildman–Crippen LogP) is 6.42. The Morgan fingerprint density at radius 3 is 2.55 bits per heavy atom. The summed E-state index contributed by atoms with van der Waals surface area (Å²) in [5.41, 5.74) is 1.55. The van der Waals surface area contributed by atoms with Gasteiger partial charge in [0, 0.05) is 27.6 Å². The average Bonchev–Trinajstić information content (AvgIpc) is 3.24. The highest BCUT2D eigenvalue weighted by molar-refractivity contribution is 8.00. The molecule has 8 nitrogen and oxygen atoms in total. The molecule has 0 radical (unpaired) electrons. The van der Waals surface area contributed by atoms with E-state index in [4.69, 9.17) is 4.74 Å². The molecule has 2 heterocycles. The number of benzene rings is 2. The Kier molecular flexibility index (Phi) is 8.81. The Bertz CT molecular complexity index is 1470. The lowest BCUT2D eigenvalue weighted by atomic mass is 10.0. The molecule has 1 unspecified atom stereocenters. The van der Waals surface area contributed by atoms with Crippen molar-refractivity contribution >= 4 is 51.7 Å². The van der Waals surface area contributed by atoms with Gasteiger partial charge in [-0.3, -0.25) is 9.59 Å². The molecule has 2 aromatic carbocycles. The maximum absolute atomic E-state index is 13.1. The fraction of sp³-hybridized carbons (Fsp3) is 0.310. The Labute approximate surface area is 240 Å². The van der Waals surface area contributed by atoms with Crippen molar-refractivity contribution in [2.24, 2.45) is 0 Å². The zero-order chi connectivity index (χ0) is 29.0. The van der Waals surface area contributed by atoms with Crippen molar-refractivity contribution < 1.29 is 23.5 Å². The predicted molar refractivity (Wildman–Crippen MR) is 154 cm³/mol. The second kappa shape index (κ2) is 12.1. The van der Waals surface area contributed by atoms with Crippen LogP contribution in [0, 0.1) is 17.1 Å². The summed E-state index contributed by atoms with van der Waals surface area (Å²) in [7, 11) is 0. The molecule has 40 heavy (non-hydrogen) atoms. The number of nitriles is 1. The highest BCUT2D eigenvalue weighted by Crippen LogP contribution is 2.37. The first kappa shape index (κ1) is 29.1. The third-order valence-electron chi connectivity index (χ3n) is 5.94. The van der Waals surface area contributed by atoms with E-state index in [-0.39, 0.29) is 11.8 Å². The lowest BCUT2D eigenvalue weighted by Gasteiger charge is -2.29. The number of ether oxygens (including phenoxy) is 1. The van der Waals surface area contributed by atoms with Crippen LogP contribution in [-0.4, -0.2) is 40.2 Å². The van der Waals surface area contributed by atoms with Gasteiger partial charge in [0.2, 0.25) is 5.91 Å². The van der Waals surface area contributed by atoms with Gasteiger partial charge in [-0.1, -0.05) is 6.07 Å². The van der Waals surface area contributed by atoms with Crippen LogP contribution < -0.4 is 10.6 Å². The minimum atomic E-state index is -0.606. The number of halogens is 1. The lowest BCUT2D eigenvalue weighted by Crippen LogP contribution is -2.39. The summed E-state index contributed by atoms with van der Waals surface area (Å²) >= 11 is 2.61. The number of carbonyl (C=O) groups excluding carboxylic acids is 3. The van der Waals surface area contributed by atoms with Gasteiger partial charge >= 0.3 is 6.09 Å². The van der Waals surface area contributed by atoms with Gasteiger partial charge < -0.3 is 20.3 Å². The van der Waals surface area contributed by atoms with Crippen molar-refractivity contribution in [2.45, 2.75) is 56.4 Å². The normalized spacial score (nSPS) is 13.6. The quantitative estimate of drug-likeness (QED) is 0.325. The zero-order valence-corrected chi connectivity index (χ0v) is 24.2. The molecule has 2 N–H and O–H groups in total. The number of anilines is 2. The largest absolute Gasteiger partial charge is 0.444 e. The molecule has 208 valence electrons. The molecule has 3 aromatic rings. The highest BCUT2D eigenvalue weighted by Gasteiger charge is 2.30. The minimum Gasteiger partial charge on any atom is -0.444 e. The molecular formula is C29H29FN4O4S2. The Balaban J connectivity index is 1.40. The van der Waals surface area contributed by atoms with Gasteiger partial charge in [0.05, 0.1) is 17.4 Å². The van der Waals surface area contributed by atoms with Crippen LogP contribution in [0.3, 0.4) is 0 Å². The molecule has 0 spiro atoms. The number of thiophene rings is 1. The van der Waals surface area contributed by atoms with Gasteiger partial charge in [0.1, 0.15) is 22.5 Å². The molecule has 0 saturated carbocycles. The van der Waals surface area contributed by atoms with Crippen LogP contribution in [0.1, 0.15) is 54.1 Å². The Morgan fingerprint density at radius 2 is 1.88 bits per heavy atom. The first-order chi connectivity index (χ1) is 18.9. The number of nitrogens with one attached hydrogen (secondary N) is 2. The standard InChI is InChI=1S/C29H29FN4O4S2/c1-17(39-21-7-5-6-20(14-21)32-26(36)18-8-10-19(30)11-9-18)25(35)33-27-23(15-31)22-12-13-34(16-24(22)40-27)28(37)38-29(2,3)4/h5-11,14,17H,12-13,16H2,1-4H3,(H,32,36)(H,33,35). The van der Waals surface area contributed by atoms with Crippen molar-refractivity contribution in [3.63, 3.8) is 0 Å². The van der Waals surface area contributed by atoms with Gasteiger partial charge in [-0.25, -0.2) is 9.18 Å². The molecule has 1 aliphatic heterocycles. The average molecular weight is 581 g/mol. The van der Waals surface area contributed by atoms with Crippen molar-refractivity contribution in [3.8, 4) is 6.07 Å². The third-order valence-corrected chi connectivity index (χ3v) is 8.16. The molecule has 1 aromatic heterocycles. The first-order valence-corrected chi connectivity index (χ1v) is 14.3. The second-order valence-electron chi connectivity index (χ2n) is 10.2. The van der Waals surface area contributed by atoms with Gasteiger partial charge in [-0.15, -0.1) is 23.1 Å². The van der Waals surface area contributed by atoms with Crippen LogP contribution in [0.2, 0.25) is 0 Å². The van der Waals surface area contributed by atoms with Crippen LogP contribution in [0.15, 0.2) is 53.4 Å². The maximum Gasteiger partial charge on any atom is 0.410 e. The molecule has 3 amide bonds. The molecule has 1 aliphatic rings. The summed E-state index contributed by atoms with van der Waals surface area (Å²) in [6, 6.07) is 14.6. The summed E-state index contributed by atoms with van der Waals surface area (Å²) < 4.78 is 18.6. The van der Waals surface area contributed by atoms with E-state index < -0.39 is 22.8 Å². The molecular weight excluding hydrogens is 551 g/mol. The molecule has 1 atom stereocenters. The third kappa shape index (κ3) is 7.20. The molecule has 11 heteroatoms. The summed E-state index contributed by atoms with van der Waals surface area (Å²) in [6.45, 7) is 7.94. The SMILES string of the molecule is CC(Sc1cccc(NC(=O)c2ccc(F)cc2)c1)C(=O)Nc1sc2c(c1C#N)CCN(C(=O)OC(C)(C)C)C2. The summed E-state index contributed by atoms with van der Waals surface area (Å²) in [4.78, 5) is 41.3. The van der Waals surface area contributed by atoms with E-state index in [1.165, 1.54) is 47.4 Å². The van der Waals surface area contributed by atoms with Crippen LogP contribution in [-0.2, 0) is 22.5 Å². The van der Waals surface area contributed by atoms with Crippen molar-refractivity contribution in [2.75, 3.05) is 17.2 Å². The number of thioether (sulfide) groups is 1. The van der Waals surface area contributed by atoms with E-state index in [1.807, 2.05) is 26.8 Å². The van der Waals surface area contributed by atoms with E-state index in [9.17, 15) is 24.0 Å². The van der Waals surface area contributed by atoms with Crippen LogP contribution in [0.4, 0.5) is 19.9 Å². The summed E-state index contributed by atoms with van der Waals surface area (Å²) in [6.07, 6.45) is 0.0988. The van der Waals surface area contributed by atoms with Gasteiger partial charge in [0.25, 0.3) is 5.91 Å². The van der Waals surface area contributed by atoms with Gasteiger partial charge in [-0.2, -0.15) is 5.26 Å². The van der Waals surface area contributed by atoms with E-state index in [1.54, 1.807) is 30.0 Å². The van der Waals surface area contributed by atoms with Gasteiger partial charge in [-0.05, 0) is 82.1 Å². The molecule has 0 aliphatic carbocycles. The fourth-order valence-corrected chi connectivity index (χ4v) is 6.16. The topological polar surface area (TPSA) is 112 Å². The second-order valence-corrected chi connectivity index (χ2v) is 12.7. The van der Waals surface area contributed by atoms with E-state index >= 15 is 0 Å². The molecule has 0 fully saturated rings. The number of amides is 3. The highest BCUT2D eigenvalue weighted by atomic mass is 32.2. The van der Waals surface area contributed by atoms with Crippen molar-refractivity contribution in [3.05, 3.63) is 75.9 Å². The number of nitrogens with zero attached hydrogens (tertiary/aromatic N) is 2. The molecule has 0 bridgehead atoms. The lowest BCUT2D eigenvalue weighted by molar-refractivity contribution is -0.115. The van der Waals surface area contributed by atoms with E-state index in [0.717, 1.165) is 15.3 Å². The monoisotopic (exact) mass is 580 g/mol. The Morgan fingerprint density at radius 1 is 1.15 bits per heavy atom. The molecule has 4 rings (SSSR count). The van der Waals surface area contributed by atoms with Crippen LogP contribution in [0.25, 0.3) is 0 Å². The maximum atomic E-state index is 13.1. The minimum absolute atomic E-state index is 0.273. The van der Waals surface area contributed by atoms with Gasteiger partial charge in [0.15, 0.2) is 0 Å². The van der Waals surface area contributed by atoms with E-state index in [0.29, 0.717) is 41.3 Å². The number of carbonyl (C=O) groups is 3. The van der Waals surface area contributed by atoms with Crippen LogP contribution in [0.5, 0.6) is 0 Å². The van der Waals surface area contributed by atoms with Crippen molar-refractivity contribution in [1.82, 2.24) is 4.90 Å². The van der Waals surface area contributed by atoms with Crippen molar-refractivity contribution in [1.29, 1.82) is 5.26 Å². The summed E-state index contributed by atoms with van der Waals surface area (Å²) in [5.74, 6) is -1.07. The Hall–Kier alpha value is -3.88. The number of hydrogen-bond donors (Lipinski definition) is 2.